The molecule has 108 valence electrons. The Kier molecular flexibility index (Phi) is 4.08. The number of aromatic nitrogens is 2. The van der Waals surface area contributed by atoms with Crippen LogP contribution in [0.15, 0.2) is 24.3 Å². The van der Waals surface area contributed by atoms with E-state index in [0.717, 1.165) is 11.1 Å². The van der Waals surface area contributed by atoms with Gasteiger partial charge in [0.2, 0.25) is 0 Å². The van der Waals surface area contributed by atoms with E-state index < -0.39 is 0 Å². The van der Waals surface area contributed by atoms with Crippen molar-refractivity contribution in [1.82, 2.24) is 10.2 Å². The number of benzene rings is 1. The van der Waals surface area contributed by atoms with Crippen molar-refractivity contribution in [3.63, 3.8) is 0 Å². The first-order valence-corrected chi connectivity index (χ1v) is 8.04. The lowest BCUT2D eigenvalue weighted by Gasteiger charge is -2.06. The summed E-state index contributed by atoms with van der Waals surface area (Å²) >= 11 is 25.7. The highest BCUT2D eigenvalue weighted by Crippen LogP contribution is 2.44. The molecule has 0 saturated carbocycles. The van der Waals surface area contributed by atoms with Crippen LogP contribution < -0.4 is 5.73 Å². The van der Waals surface area contributed by atoms with Crippen LogP contribution in [-0.4, -0.2) is 10.2 Å². The van der Waals surface area contributed by atoms with Crippen molar-refractivity contribution in [3.05, 3.63) is 43.0 Å². The maximum absolute atomic E-state index is 6.26. The quantitative estimate of drug-likeness (QED) is 0.574. The topological polar surface area (TPSA) is 54.7 Å². The summed E-state index contributed by atoms with van der Waals surface area (Å²) in [6.45, 7) is 0. The van der Waals surface area contributed by atoms with Gasteiger partial charge in [-0.2, -0.15) is 5.10 Å². The Bertz CT molecular complexity index is 825. The third-order valence-corrected chi connectivity index (χ3v) is 4.96. The Morgan fingerprint density at radius 2 is 1.81 bits per heavy atom. The van der Waals surface area contributed by atoms with E-state index in [9.17, 15) is 0 Å². The van der Waals surface area contributed by atoms with E-state index in [2.05, 4.69) is 10.2 Å². The molecular weight excluding hydrogens is 372 g/mol. The largest absolute Gasteiger partial charge is 0.382 e. The fourth-order valence-electron chi connectivity index (χ4n) is 2.03. The molecule has 3 rings (SSSR count). The molecule has 0 atom stereocenters. The number of nitrogens with one attached hydrogen (secondary N) is 1. The molecule has 0 radical (unpaired) electrons. The summed E-state index contributed by atoms with van der Waals surface area (Å²) in [5.41, 5.74) is 8.77. The number of nitrogen functional groups attached to an aromatic ring is 1. The Labute approximate surface area is 144 Å². The van der Waals surface area contributed by atoms with Crippen LogP contribution in [0.4, 0.5) is 5.82 Å². The van der Waals surface area contributed by atoms with E-state index in [1.165, 1.54) is 11.3 Å². The van der Waals surface area contributed by atoms with Gasteiger partial charge in [0.15, 0.2) is 5.82 Å². The van der Waals surface area contributed by atoms with Gasteiger partial charge in [0.05, 0.1) is 20.6 Å². The summed E-state index contributed by atoms with van der Waals surface area (Å²) in [5, 5.41) is 7.96. The van der Waals surface area contributed by atoms with Gasteiger partial charge in [-0.05, 0) is 18.2 Å². The molecule has 3 aromatic rings. The maximum atomic E-state index is 6.26. The number of hydrogen-bond donors (Lipinski definition) is 2. The fraction of sp³-hybridized carbons (Fsp3) is 0. The molecule has 1 aromatic carbocycles. The zero-order valence-corrected chi connectivity index (χ0v) is 14.1. The van der Waals surface area contributed by atoms with Gasteiger partial charge in [-0.15, -0.1) is 11.3 Å². The molecule has 0 bridgehead atoms. The molecule has 21 heavy (non-hydrogen) atoms. The van der Waals surface area contributed by atoms with Crippen molar-refractivity contribution in [2.24, 2.45) is 0 Å². The van der Waals surface area contributed by atoms with Gasteiger partial charge in [0.1, 0.15) is 4.34 Å². The van der Waals surface area contributed by atoms with E-state index in [-0.39, 0.29) is 0 Å². The second-order valence-electron chi connectivity index (χ2n) is 4.22. The molecule has 0 fully saturated rings. The van der Waals surface area contributed by atoms with Crippen molar-refractivity contribution < 1.29 is 0 Å². The van der Waals surface area contributed by atoms with Gasteiger partial charge >= 0.3 is 0 Å². The van der Waals surface area contributed by atoms with Gasteiger partial charge in [-0.1, -0.05) is 52.5 Å². The third-order valence-electron chi connectivity index (χ3n) is 2.92. The van der Waals surface area contributed by atoms with Crippen molar-refractivity contribution in [2.45, 2.75) is 0 Å². The summed E-state index contributed by atoms with van der Waals surface area (Å²) in [4.78, 5) is 0. The zero-order valence-electron chi connectivity index (χ0n) is 10.3. The summed E-state index contributed by atoms with van der Waals surface area (Å²) in [7, 11) is 0. The predicted molar refractivity (Wildman–Crippen MR) is 91.8 cm³/mol. The second kappa shape index (κ2) is 5.71. The number of H-pyrrole nitrogens is 1. The average molecular weight is 379 g/mol. The summed E-state index contributed by atoms with van der Waals surface area (Å²) in [6.07, 6.45) is 0. The van der Waals surface area contributed by atoms with Crippen molar-refractivity contribution in [1.29, 1.82) is 0 Å². The Morgan fingerprint density at radius 1 is 1.05 bits per heavy atom. The third kappa shape index (κ3) is 2.74. The Balaban J connectivity index is 2.24. The summed E-state index contributed by atoms with van der Waals surface area (Å²) < 4.78 is 1.13. The van der Waals surface area contributed by atoms with Crippen LogP contribution in [-0.2, 0) is 0 Å². The van der Waals surface area contributed by atoms with Crippen LogP contribution in [0.2, 0.25) is 18.7 Å². The van der Waals surface area contributed by atoms with Crippen molar-refractivity contribution in [3.8, 4) is 22.4 Å². The minimum absolute atomic E-state index is 0.326. The average Bonchev–Trinajstić information content (AvgIpc) is 2.93. The van der Waals surface area contributed by atoms with Gasteiger partial charge in [0.25, 0.3) is 0 Å². The minimum Gasteiger partial charge on any atom is -0.382 e. The highest BCUT2D eigenvalue weighted by molar-refractivity contribution is 7.20. The summed E-state index contributed by atoms with van der Waals surface area (Å²) in [6, 6.07) is 6.93. The molecule has 0 spiro atoms. The van der Waals surface area contributed by atoms with Crippen LogP contribution in [0.3, 0.4) is 0 Å². The van der Waals surface area contributed by atoms with Crippen LogP contribution in [0.5, 0.6) is 0 Å². The monoisotopic (exact) mass is 377 g/mol. The molecule has 0 aliphatic rings. The predicted octanol–water partition coefficient (Wildman–Crippen LogP) is 6.00. The maximum Gasteiger partial charge on any atom is 0.153 e. The molecule has 3 nitrogen and oxygen atoms in total. The van der Waals surface area contributed by atoms with Crippen LogP contribution in [0, 0.1) is 0 Å². The number of anilines is 1. The molecule has 0 unspecified atom stereocenters. The minimum atomic E-state index is 0.326. The van der Waals surface area contributed by atoms with Crippen molar-refractivity contribution in [2.75, 3.05) is 5.73 Å². The van der Waals surface area contributed by atoms with E-state index in [1.807, 2.05) is 0 Å². The number of halogens is 4. The molecule has 3 N–H and O–H groups in total. The Morgan fingerprint density at radius 3 is 2.43 bits per heavy atom. The van der Waals surface area contributed by atoms with Gasteiger partial charge in [0, 0.05) is 16.1 Å². The van der Waals surface area contributed by atoms with Crippen molar-refractivity contribution >= 4 is 63.6 Å². The molecule has 0 amide bonds. The molecule has 0 aliphatic heterocycles. The molecule has 2 heterocycles. The number of thiophene rings is 1. The number of nitrogens with zero attached hydrogens (tertiary/aromatic N) is 1. The highest BCUT2D eigenvalue weighted by atomic mass is 35.5. The highest BCUT2D eigenvalue weighted by Gasteiger charge is 2.20. The number of aromatic amines is 1. The molecule has 0 saturated heterocycles. The number of nitrogens with two attached hydrogens (primary N) is 1. The van der Waals surface area contributed by atoms with Gasteiger partial charge in [-0.3, -0.25) is 5.10 Å². The second-order valence-corrected chi connectivity index (χ2v) is 7.35. The van der Waals surface area contributed by atoms with Crippen LogP contribution in [0.1, 0.15) is 0 Å². The first-order valence-electron chi connectivity index (χ1n) is 5.72. The van der Waals surface area contributed by atoms with E-state index in [1.54, 1.807) is 24.3 Å². The molecule has 0 aliphatic carbocycles. The lowest BCUT2D eigenvalue weighted by atomic mass is 10.0. The molecule has 8 heteroatoms. The normalized spacial score (nSPS) is 11.0. The van der Waals surface area contributed by atoms with Gasteiger partial charge in [-0.25, -0.2) is 0 Å². The fourth-order valence-corrected chi connectivity index (χ4v) is 4.01. The smallest absolute Gasteiger partial charge is 0.153 e. The summed E-state index contributed by atoms with van der Waals surface area (Å²) in [5.74, 6) is 0.326. The van der Waals surface area contributed by atoms with E-state index in [0.29, 0.717) is 35.8 Å². The van der Waals surface area contributed by atoms with E-state index in [4.69, 9.17) is 52.1 Å². The first kappa shape index (κ1) is 15.0. The zero-order chi connectivity index (χ0) is 15.1. The SMILES string of the molecule is Nc1n[nH]c(-c2cc(Cl)sc2Cl)c1-c1ccc(Cl)cc1Cl. The van der Waals surface area contributed by atoms with Crippen LogP contribution >= 0.6 is 57.7 Å². The number of rotatable bonds is 2. The lowest BCUT2D eigenvalue weighted by Crippen LogP contribution is -1.89. The number of hydrogen-bond acceptors (Lipinski definition) is 3. The Hall–Kier alpha value is -0.910. The van der Waals surface area contributed by atoms with E-state index >= 15 is 0 Å². The van der Waals surface area contributed by atoms with Gasteiger partial charge < -0.3 is 5.73 Å². The molecular formula is C13H7Cl4N3S. The van der Waals surface area contributed by atoms with Crippen LogP contribution in [0.25, 0.3) is 22.4 Å². The standard InChI is InChI=1S/C13H7Cl4N3S/c14-5-1-2-6(8(15)3-5)10-11(19-20-13(10)18)7-4-9(16)21-12(7)17/h1-4H,(H3,18,19,20). The first-order chi connectivity index (χ1) is 9.97. The molecule has 2 aromatic heterocycles. The lowest BCUT2D eigenvalue weighted by molar-refractivity contribution is 1.10.